The molecule has 1 N–H and O–H groups in total. The van der Waals surface area contributed by atoms with Crippen molar-refractivity contribution in [1.82, 2.24) is 0 Å². The summed E-state index contributed by atoms with van der Waals surface area (Å²) in [5.74, 6) is 3.55. The third-order valence-corrected chi connectivity index (χ3v) is 2.02. The lowest BCUT2D eigenvalue weighted by atomic mass is 10.2. The number of unbranched alkanes of at least 4 members (excludes halogenated alkanes) is 2. The number of aromatic hydroxyl groups is 1. The zero-order chi connectivity index (χ0) is 11.1. The first-order valence-corrected chi connectivity index (χ1v) is 5.09. The number of hydrogen-bond acceptors (Lipinski definition) is 2. The summed E-state index contributed by atoms with van der Waals surface area (Å²) in [6, 6.07) is 5.22. The predicted molar refractivity (Wildman–Crippen MR) is 61.0 cm³/mol. The SMILES string of the molecule is C#CCCCCOc1cc(C)cc(O)c1. The second-order valence-electron chi connectivity index (χ2n) is 3.51. The van der Waals surface area contributed by atoms with Gasteiger partial charge in [-0.2, -0.15) is 0 Å². The molecule has 0 spiro atoms. The smallest absolute Gasteiger partial charge is 0.123 e. The predicted octanol–water partition coefficient (Wildman–Crippen LogP) is 2.88. The van der Waals surface area contributed by atoms with Gasteiger partial charge >= 0.3 is 0 Å². The average Bonchev–Trinajstić information content (AvgIpc) is 2.16. The Morgan fingerprint density at radius 1 is 1.33 bits per heavy atom. The van der Waals surface area contributed by atoms with Crippen LogP contribution in [0.4, 0.5) is 0 Å². The Bertz CT molecular complexity index is 330. The van der Waals surface area contributed by atoms with Gasteiger partial charge in [0.15, 0.2) is 0 Å². The first-order valence-electron chi connectivity index (χ1n) is 5.09. The van der Waals surface area contributed by atoms with Gasteiger partial charge in [0.05, 0.1) is 6.61 Å². The van der Waals surface area contributed by atoms with Crippen LogP contribution in [0.2, 0.25) is 0 Å². The molecule has 0 atom stereocenters. The summed E-state index contributed by atoms with van der Waals surface area (Å²) in [5, 5.41) is 9.33. The van der Waals surface area contributed by atoms with Crippen LogP contribution in [-0.4, -0.2) is 11.7 Å². The van der Waals surface area contributed by atoms with Crippen molar-refractivity contribution in [2.75, 3.05) is 6.61 Å². The van der Waals surface area contributed by atoms with Crippen LogP contribution in [0.15, 0.2) is 18.2 Å². The van der Waals surface area contributed by atoms with E-state index < -0.39 is 0 Å². The lowest BCUT2D eigenvalue weighted by Gasteiger charge is -2.06. The summed E-state index contributed by atoms with van der Waals surface area (Å²) in [4.78, 5) is 0. The van der Waals surface area contributed by atoms with E-state index in [-0.39, 0.29) is 5.75 Å². The van der Waals surface area contributed by atoms with Crippen LogP contribution in [0, 0.1) is 19.3 Å². The van der Waals surface area contributed by atoms with Gasteiger partial charge in [-0.05, 0) is 37.5 Å². The van der Waals surface area contributed by atoms with Crippen LogP contribution < -0.4 is 4.74 Å². The molecule has 0 unspecified atom stereocenters. The number of phenolic OH excluding ortho intramolecular Hbond substituents is 1. The van der Waals surface area contributed by atoms with E-state index in [0.717, 1.165) is 24.8 Å². The van der Waals surface area contributed by atoms with Crippen LogP contribution in [-0.2, 0) is 0 Å². The Labute approximate surface area is 90.9 Å². The van der Waals surface area contributed by atoms with E-state index in [2.05, 4.69) is 5.92 Å². The van der Waals surface area contributed by atoms with E-state index in [0.29, 0.717) is 12.4 Å². The van der Waals surface area contributed by atoms with Gasteiger partial charge in [0.25, 0.3) is 0 Å². The van der Waals surface area contributed by atoms with Crippen LogP contribution in [0.1, 0.15) is 24.8 Å². The summed E-state index contributed by atoms with van der Waals surface area (Å²) >= 11 is 0. The molecule has 0 aliphatic heterocycles. The maximum Gasteiger partial charge on any atom is 0.123 e. The van der Waals surface area contributed by atoms with Crippen LogP contribution in [0.3, 0.4) is 0 Å². The molecule has 1 aromatic carbocycles. The van der Waals surface area contributed by atoms with Gasteiger partial charge in [-0.1, -0.05) is 0 Å². The highest BCUT2D eigenvalue weighted by molar-refractivity contribution is 5.36. The lowest BCUT2D eigenvalue weighted by molar-refractivity contribution is 0.306. The van der Waals surface area contributed by atoms with Gasteiger partial charge in [0, 0.05) is 12.5 Å². The fraction of sp³-hybridized carbons (Fsp3) is 0.385. The maximum absolute atomic E-state index is 9.33. The van der Waals surface area contributed by atoms with Crippen molar-refractivity contribution >= 4 is 0 Å². The molecule has 0 saturated carbocycles. The highest BCUT2D eigenvalue weighted by Crippen LogP contribution is 2.21. The minimum atomic E-state index is 0.244. The van der Waals surface area contributed by atoms with Gasteiger partial charge in [-0.3, -0.25) is 0 Å². The van der Waals surface area contributed by atoms with Gasteiger partial charge in [0.2, 0.25) is 0 Å². The summed E-state index contributed by atoms with van der Waals surface area (Å²) in [7, 11) is 0. The van der Waals surface area contributed by atoms with Crippen LogP contribution >= 0.6 is 0 Å². The van der Waals surface area contributed by atoms with Gasteiger partial charge in [0.1, 0.15) is 11.5 Å². The minimum Gasteiger partial charge on any atom is -0.508 e. The number of phenols is 1. The molecule has 2 heteroatoms. The minimum absolute atomic E-state index is 0.244. The first-order chi connectivity index (χ1) is 7.22. The summed E-state index contributed by atoms with van der Waals surface area (Å²) in [6.45, 7) is 2.56. The molecule has 0 amide bonds. The zero-order valence-corrected chi connectivity index (χ0v) is 8.99. The Morgan fingerprint density at radius 3 is 2.80 bits per heavy atom. The Balaban J connectivity index is 2.34. The molecule has 0 saturated heterocycles. The molecule has 0 radical (unpaired) electrons. The first kappa shape index (κ1) is 11.5. The number of hydrogen-bond donors (Lipinski definition) is 1. The van der Waals surface area contributed by atoms with Crippen molar-refractivity contribution < 1.29 is 9.84 Å². The van der Waals surface area contributed by atoms with E-state index in [1.165, 1.54) is 0 Å². The van der Waals surface area contributed by atoms with Crippen molar-refractivity contribution in [2.24, 2.45) is 0 Å². The molecular weight excluding hydrogens is 188 g/mol. The molecule has 0 aromatic heterocycles. The molecule has 80 valence electrons. The van der Waals surface area contributed by atoms with E-state index in [9.17, 15) is 5.11 Å². The fourth-order valence-electron chi connectivity index (χ4n) is 1.33. The monoisotopic (exact) mass is 204 g/mol. The molecule has 0 heterocycles. The average molecular weight is 204 g/mol. The third kappa shape index (κ3) is 4.42. The molecule has 0 fully saturated rings. The van der Waals surface area contributed by atoms with Crippen LogP contribution in [0.5, 0.6) is 11.5 Å². The van der Waals surface area contributed by atoms with Gasteiger partial charge in [-0.25, -0.2) is 0 Å². The molecular formula is C13H16O2. The van der Waals surface area contributed by atoms with Crippen molar-refractivity contribution in [2.45, 2.75) is 26.2 Å². The molecule has 1 aromatic rings. The summed E-state index contributed by atoms with van der Waals surface area (Å²) in [5.41, 5.74) is 0.994. The van der Waals surface area contributed by atoms with Crippen molar-refractivity contribution in [3.8, 4) is 23.8 Å². The molecule has 15 heavy (non-hydrogen) atoms. The molecule has 1 rings (SSSR count). The second kappa shape index (κ2) is 5.98. The highest BCUT2D eigenvalue weighted by atomic mass is 16.5. The summed E-state index contributed by atoms with van der Waals surface area (Å²) in [6.07, 6.45) is 7.86. The summed E-state index contributed by atoms with van der Waals surface area (Å²) < 4.78 is 5.49. The highest BCUT2D eigenvalue weighted by Gasteiger charge is 1.97. The van der Waals surface area contributed by atoms with Gasteiger partial charge in [-0.15, -0.1) is 12.3 Å². The molecule has 0 aliphatic carbocycles. The fourth-order valence-corrected chi connectivity index (χ4v) is 1.33. The third-order valence-electron chi connectivity index (χ3n) is 2.02. The molecule has 0 aliphatic rings. The Morgan fingerprint density at radius 2 is 2.13 bits per heavy atom. The Kier molecular flexibility index (Phi) is 4.56. The van der Waals surface area contributed by atoms with E-state index >= 15 is 0 Å². The number of rotatable bonds is 5. The largest absolute Gasteiger partial charge is 0.508 e. The quantitative estimate of drug-likeness (QED) is 0.590. The van der Waals surface area contributed by atoms with E-state index in [1.54, 1.807) is 12.1 Å². The van der Waals surface area contributed by atoms with Crippen molar-refractivity contribution in [3.05, 3.63) is 23.8 Å². The molecule has 0 bridgehead atoms. The topological polar surface area (TPSA) is 29.5 Å². The standard InChI is InChI=1S/C13H16O2/c1-3-4-5-6-7-15-13-9-11(2)8-12(14)10-13/h1,8-10,14H,4-7H2,2H3. The van der Waals surface area contributed by atoms with E-state index in [4.69, 9.17) is 11.2 Å². The lowest BCUT2D eigenvalue weighted by Crippen LogP contribution is -1.97. The number of ether oxygens (including phenoxy) is 1. The number of benzene rings is 1. The van der Waals surface area contributed by atoms with Gasteiger partial charge < -0.3 is 9.84 Å². The normalized spacial score (nSPS) is 9.60. The Hall–Kier alpha value is -1.62. The molecule has 2 nitrogen and oxygen atoms in total. The number of aryl methyl sites for hydroxylation is 1. The number of terminal acetylenes is 1. The second-order valence-corrected chi connectivity index (χ2v) is 3.51. The zero-order valence-electron chi connectivity index (χ0n) is 8.99. The van der Waals surface area contributed by atoms with Crippen molar-refractivity contribution in [1.29, 1.82) is 0 Å². The maximum atomic E-state index is 9.33. The van der Waals surface area contributed by atoms with E-state index in [1.807, 2.05) is 13.0 Å². The van der Waals surface area contributed by atoms with Crippen molar-refractivity contribution in [3.63, 3.8) is 0 Å². The van der Waals surface area contributed by atoms with Crippen LogP contribution in [0.25, 0.3) is 0 Å².